The number of fused-ring (bicyclic) bond motifs is 9. The molecule has 1 heteroatoms. The summed E-state index contributed by atoms with van der Waals surface area (Å²) in [6, 6.07) is 26.8. The molecule has 0 amide bonds. The molecule has 0 saturated carbocycles. The van der Waals surface area contributed by atoms with Gasteiger partial charge in [-0.15, -0.1) is 11.3 Å². The number of benzene rings is 4. The van der Waals surface area contributed by atoms with E-state index < -0.39 is 0 Å². The molecule has 1 heterocycles. The van der Waals surface area contributed by atoms with E-state index in [0.29, 0.717) is 0 Å². The van der Waals surface area contributed by atoms with Crippen molar-refractivity contribution >= 4 is 42.3 Å². The van der Waals surface area contributed by atoms with Crippen molar-refractivity contribution in [3.05, 3.63) is 83.9 Å². The van der Waals surface area contributed by atoms with Gasteiger partial charge in [0.2, 0.25) is 0 Å². The first-order valence-electron chi connectivity index (χ1n) is 8.34. The van der Waals surface area contributed by atoms with Crippen molar-refractivity contribution in [2.45, 2.75) is 6.42 Å². The van der Waals surface area contributed by atoms with Gasteiger partial charge in [0, 0.05) is 26.6 Å². The van der Waals surface area contributed by atoms with Crippen molar-refractivity contribution in [1.29, 1.82) is 0 Å². The number of hydrogen-bond acceptors (Lipinski definition) is 1. The molecule has 0 bridgehead atoms. The predicted octanol–water partition coefficient (Wildman–Crippen LogP) is 6.78. The molecule has 0 radical (unpaired) electrons. The van der Waals surface area contributed by atoms with E-state index in [-0.39, 0.29) is 0 Å². The molecule has 24 heavy (non-hydrogen) atoms. The highest BCUT2D eigenvalue weighted by molar-refractivity contribution is 7.27. The highest BCUT2D eigenvalue weighted by Gasteiger charge is 2.22. The van der Waals surface area contributed by atoms with Crippen molar-refractivity contribution < 1.29 is 0 Å². The van der Waals surface area contributed by atoms with E-state index in [4.69, 9.17) is 0 Å². The molecule has 0 unspecified atom stereocenters. The molecule has 0 aliphatic heterocycles. The van der Waals surface area contributed by atoms with Crippen LogP contribution in [0.5, 0.6) is 0 Å². The van der Waals surface area contributed by atoms with E-state index in [0.717, 1.165) is 6.42 Å². The Morgan fingerprint density at radius 2 is 1.38 bits per heavy atom. The largest absolute Gasteiger partial charge is 0.134 e. The summed E-state index contributed by atoms with van der Waals surface area (Å²) in [5.74, 6) is 0. The number of rotatable bonds is 0. The molecule has 0 fully saturated rings. The average Bonchev–Trinajstić information content (AvgIpc) is 3.20. The zero-order valence-electron chi connectivity index (χ0n) is 13.0. The highest BCUT2D eigenvalue weighted by Crippen LogP contribution is 2.46. The third-order valence-electron chi connectivity index (χ3n) is 5.31. The Kier molecular flexibility index (Phi) is 2.37. The second kappa shape index (κ2) is 4.46. The fourth-order valence-electron chi connectivity index (χ4n) is 4.18. The highest BCUT2D eigenvalue weighted by atomic mass is 32.1. The molecule has 0 N–H and O–H groups in total. The lowest BCUT2D eigenvalue weighted by Gasteiger charge is -2.01. The second-order valence-electron chi connectivity index (χ2n) is 6.57. The van der Waals surface area contributed by atoms with Crippen LogP contribution < -0.4 is 0 Å². The van der Waals surface area contributed by atoms with E-state index in [1.165, 1.54) is 53.2 Å². The maximum absolute atomic E-state index is 2.32. The fraction of sp³-hybridized carbons (Fsp3) is 0.0435. The summed E-state index contributed by atoms with van der Waals surface area (Å²) in [5, 5.41) is 5.51. The molecule has 0 saturated heterocycles. The maximum atomic E-state index is 2.32. The molecule has 112 valence electrons. The molecule has 0 spiro atoms. The van der Waals surface area contributed by atoms with Crippen LogP contribution in [0.4, 0.5) is 0 Å². The van der Waals surface area contributed by atoms with Gasteiger partial charge in [-0.2, -0.15) is 0 Å². The zero-order chi connectivity index (χ0) is 15.7. The van der Waals surface area contributed by atoms with Crippen LogP contribution in [0, 0.1) is 0 Å². The second-order valence-corrected chi connectivity index (χ2v) is 7.59. The topological polar surface area (TPSA) is 0 Å². The lowest BCUT2D eigenvalue weighted by Crippen LogP contribution is -1.80. The molecular weight excluding hydrogens is 308 g/mol. The third kappa shape index (κ3) is 1.53. The fourth-order valence-corrected chi connectivity index (χ4v) is 5.56. The predicted molar refractivity (Wildman–Crippen MR) is 105 cm³/mol. The summed E-state index contributed by atoms with van der Waals surface area (Å²) in [6.45, 7) is 0. The van der Waals surface area contributed by atoms with Gasteiger partial charge in [-0.25, -0.2) is 0 Å². The van der Waals surface area contributed by atoms with Gasteiger partial charge in [0.1, 0.15) is 0 Å². The van der Waals surface area contributed by atoms with E-state index in [2.05, 4.69) is 72.8 Å². The van der Waals surface area contributed by atoms with Crippen molar-refractivity contribution in [1.82, 2.24) is 0 Å². The smallest absolute Gasteiger partial charge is 0.0433 e. The molecule has 1 aliphatic carbocycles. The Hall–Kier alpha value is -2.64. The monoisotopic (exact) mass is 322 g/mol. The van der Waals surface area contributed by atoms with Crippen molar-refractivity contribution in [3.8, 4) is 11.1 Å². The van der Waals surface area contributed by atoms with Crippen LogP contribution in [-0.2, 0) is 6.42 Å². The first-order chi connectivity index (χ1) is 11.9. The van der Waals surface area contributed by atoms with Crippen LogP contribution in [0.2, 0.25) is 0 Å². The minimum absolute atomic E-state index is 1.06. The Bertz CT molecular complexity index is 1270. The van der Waals surface area contributed by atoms with Gasteiger partial charge >= 0.3 is 0 Å². The summed E-state index contributed by atoms with van der Waals surface area (Å²) in [5.41, 5.74) is 5.81. The molecule has 5 aromatic rings. The van der Waals surface area contributed by atoms with E-state index >= 15 is 0 Å². The SMILES string of the molecule is c1ccc2c(c1)Cc1c-2ccc2c1sc1c3ccccc3ccc21. The normalized spacial score (nSPS) is 12.8. The summed E-state index contributed by atoms with van der Waals surface area (Å²) >= 11 is 1.97. The van der Waals surface area contributed by atoms with Crippen molar-refractivity contribution in [2.75, 3.05) is 0 Å². The van der Waals surface area contributed by atoms with Gasteiger partial charge < -0.3 is 0 Å². The molecule has 4 aromatic carbocycles. The van der Waals surface area contributed by atoms with Gasteiger partial charge in [0.05, 0.1) is 0 Å². The molecule has 0 atom stereocenters. The third-order valence-corrected chi connectivity index (χ3v) is 6.62. The number of thiophene rings is 1. The van der Waals surface area contributed by atoms with E-state index in [9.17, 15) is 0 Å². The molecular formula is C23H14S. The van der Waals surface area contributed by atoms with Crippen LogP contribution in [0.1, 0.15) is 11.1 Å². The van der Waals surface area contributed by atoms with E-state index in [1.807, 2.05) is 11.3 Å². The molecule has 0 nitrogen and oxygen atoms in total. The van der Waals surface area contributed by atoms with E-state index in [1.54, 1.807) is 0 Å². The van der Waals surface area contributed by atoms with Crippen LogP contribution >= 0.6 is 11.3 Å². The van der Waals surface area contributed by atoms with Gasteiger partial charge in [-0.3, -0.25) is 0 Å². The standard InChI is InChI=1S/C23H14S/c1-4-8-17-14(5-1)9-10-19-20-12-11-18-16-7-3-2-6-15(16)13-21(18)23(20)24-22(17)19/h1-12H,13H2. The van der Waals surface area contributed by atoms with Gasteiger partial charge in [0.15, 0.2) is 0 Å². The Balaban J connectivity index is 1.77. The maximum Gasteiger partial charge on any atom is 0.0433 e. The summed E-state index contributed by atoms with van der Waals surface area (Å²) in [6.07, 6.45) is 1.06. The van der Waals surface area contributed by atoms with Crippen molar-refractivity contribution in [2.24, 2.45) is 0 Å². The Morgan fingerprint density at radius 3 is 2.38 bits per heavy atom. The van der Waals surface area contributed by atoms with Crippen LogP contribution in [0.3, 0.4) is 0 Å². The molecule has 1 aliphatic rings. The minimum Gasteiger partial charge on any atom is -0.134 e. The van der Waals surface area contributed by atoms with Gasteiger partial charge in [-0.05, 0) is 33.0 Å². The lowest BCUT2D eigenvalue weighted by molar-refractivity contribution is 1.29. The lowest BCUT2D eigenvalue weighted by atomic mass is 10.0. The average molecular weight is 322 g/mol. The molecule has 6 rings (SSSR count). The van der Waals surface area contributed by atoms with Crippen molar-refractivity contribution in [3.63, 3.8) is 0 Å². The Morgan fingerprint density at radius 1 is 0.583 bits per heavy atom. The van der Waals surface area contributed by atoms with Crippen LogP contribution in [0.25, 0.3) is 42.1 Å². The van der Waals surface area contributed by atoms with Gasteiger partial charge in [0.25, 0.3) is 0 Å². The minimum atomic E-state index is 1.06. The zero-order valence-corrected chi connectivity index (χ0v) is 13.9. The summed E-state index contributed by atoms with van der Waals surface area (Å²) < 4.78 is 2.89. The van der Waals surface area contributed by atoms with Crippen LogP contribution in [0.15, 0.2) is 72.8 Å². The van der Waals surface area contributed by atoms with Gasteiger partial charge in [-0.1, -0.05) is 72.8 Å². The first kappa shape index (κ1) is 12.7. The summed E-state index contributed by atoms with van der Waals surface area (Å²) in [7, 11) is 0. The summed E-state index contributed by atoms with van der Waals surface area (Å²) in [4.78, 5) is 0. The Labute approximate surface area is 144 Å². The van der Waals surface area contributed by atoms with Crippen LogP contribution in [-0.4, -0.2) is 0 Å². The first-order valence-corrected chi connectivity index (χ1v) is 9.16. The number of hydrogen-bond donors (Lipinski definition) is 0. The quantitative estimate of drug-likeness (QED) is 0.289. The molecule has 1 aromatic heterocycles.